The van der Waals surface area contributed by atoms with Crippen molar-refractivity contribution in [2.75, 3.05) is 0 Å². The van der Waals surface area contributed by atoms with Gasteiger partial charge in [0.15, 0.2) is 0 Å². The Balaban J connectivity index is 3.25. The molecule has 0 bridgehead atoms. The summed E-state index contributed by atoms with van der Waals surface area (Å²) in [4.78, 5) is 6.75. The smallest absolute Gasteiger partial charge is 0.232 e. The average Bonchev–Trinajstić information content (AvgIpc) is 1.83. The third-order valence-electron chi connectivity index (χ3n) is 0.753. The molecule has 0 radical (unpaired) electrons. The van der Waals surface area contributed by atoms with Crippen molar-refractivity contribution < 1.29 is 10.2 Å². The van der Waals surface area contributed by atoms with Crippen LogP contribution in [0.3, 0.4) is 0 Å². The van der Waals surface area contributed by atoms with Crippen molar-refractivity contribution in [2.24, 2.45) is 0 Å². The van der Waals surface area contributed by atoms with Crippen LogP contribution in [0.2, 0.25) is 0 Å². The van der Waals surface area contributed by atoms with Crippen LogP contribution < -0.4 is 0 Å². The van der Waals surface area contributed by atoms with Gasteiger partial charge in [-0.1, -0.05) is 0 Å². The van der Waals surface area contributed by atoms with Gasteiger partial charge in [-0.3, -0.25) is 0 Å². The predicted octanol–water partition coefficient (Wildman–Crippen LogP) is 0.650. The second-order valence-corrected chi connectivity index (χ2v) is 2.13. The molecule has 1 aromatic rings. The molecule has 0 aliphatic carbocycles. The fourth-order valence-electron chi connectivity index (χ4n) is 0.352. The van der Waals surface area contributed by atoms with E-state index in [9.17, 15) is 0 Å². The maximum absolute atomic E-state index is 8.74. The minimum absolute atomic E-state index is 0.116. The van der Waals surface area contributed by atoms with Crippen LogP contribution >= 0.6 is 15.9 Å². The SMILES string of the molecule is Oc1ncnc(O)c1Br. The molecule has 5 heteroatoms. The second kappa shape index (κ2) is 2.18. The van der Waals surface area contributed by atoms with Crippen LogP contribution in [-0.4, -0.2) is 20.2 Å². The first kappa shape index (κ1) is 6.28. The Labute approximate surface area is 59.3 Å². The number of rotatable bonds is 0. The van der Waals surface area contributed by atoms with E-state index in [-0.39, 0.29) is 16.2 Å². The average molecular weight is 191 g/mol. The van der Waals surface area contributed by atoms with Crippen molar-refractivity contribution in [3.8, 4) is 11.8 Å². The van der Waals surface area contributed by atoms with Gasteiger partial charge in [0.05, 0.1) is 0 Å². The number of halogens is 1. The van der Waals surface area contributed by atoms with Crippen LogP contribution in [-0.2, 0) is 0 Å². The first-order valence-electron chi connectivity index (χ1n) is 2.10. The van der Waals surface area contributed by atoms with Gasteiger partial charge in [0, 0.05) is 0 Å². The Morgan fingerprint density at radius 1 is 1.22 bits per heavy atom. The fourth-order valence-corrected chi connectivity index (χ4v) is 0.556. The maximum atomic E-state index is 8.74. The maximum Gasteiger partial charge on any atom is 0.232 e. The molecule has 1 heterocycles. The van der Waals surface area contributed by atoms with Gasteiger partial charge in [0.2, 0.25) is 11.8 Å². The van der Waals surface area contributed by atoms with E-state index in [0.717, 1.165) is 6.33 Å². The summed E-state index contributed by atoms with van der Waals surface area (Å²) in [5, 5.41) is 17.5. The molecule has 1 rings (SSSR count). The molecular weight excluding hydrogens is 188 g/mol. The van der Waals surface area contributed by atoms with E-state index in [4.69, 9.17) is 10.2 Å². The molecule has 0 aliphatic rings. The molecule has 2 N–H and O–H groups in total. The zero-order valence-corrected chi connectivity index (χ0v) is 5.83. The van der Waals surface area contributed by atoms with Crippen LogP contribution in [0.1, 0.15) is 0 Å². The van der Waals surface area contributed by atoms with Crippen LogP contribution in [0.15, 0.2) is 10.8 Å². The van der Waals surface area contributed by atoms with Gasteiger partial charge in [-0.05, 0) is 15.9 Å². The standard InChI is InChI=1S/C4H3BrN2O2/c5-2-3(8)6-1-7-4(2)9/h1H,(H2,6,7,8,9). The molecule has 48 valence electrons. The van der Waals surface area contributed by atoms with Crippen molar-refractivity contribution in [1.82, 2.24) is 9.97 Å². The third kappa shape index (κ3) is 1.10. The van der Waals surface area contributed by atoms with Crippen molar-refractivity contribution >= 4 is 15.9 Å². The Bertz CT molecular complexity index is 208. The molecule has 0 aliphatic heterocycles. The van der Waals surface area contributed by atoms with Crippen LogP contribution in [0.5, 0.6) is 11.8 Å². The summed E-state index contributed by atoms with van der Waals surface area (Å²) in [5.41, 5.74) is 0. The fraction of sp³-hybridized carbons (Fsp3) is 0. The van der Waals surface area contributed by atoms with Crippen LogP contribution in [0, 0.1) is 0 Å². The van der Waals surface area contributed by atoms with Gasteiger partial charge in [0.25, 0.3) is 0 Å². The molecule has 0 fully saturated rings. The lowest BCUT2D eigenvalue weighted by molar-refractivity contribution is 0.415. The van der Waals surface area contributed by atoms with Gasteiger partial charge >= 0.3 is 0 Å². The van der Waals surface area contributed by atoms with E-state index in [1.165, 1.54) is 0 Å². The molecule has 0 unspecified atom stereocenters. The van der Waals surface area contributed by atoms with Gasteiger partial charge in [-0.15, -0.1) is 0 Å². The highest BCUT2D eigenvalue weighted by Crippen LogP contribution is 2.26. The summed E-state index contributed by atoms with van der Waals surface area (Å²) in [7, 11) is 0. The van der Waals surface area contributed by atoms with Crippen LogP contribution in [0.4, 0.5) is 0 Å². The predicted molar refractivity (Wildman–Crippen MR) is 33.1 cm³/mol. The highest BCUT2D eigenvalue weighted by Gasteiger charge is 2.03. The first-order valence-corrected chi connectivity index (χ1v) is 2.89. The summed E-state index contributed by atoms with van der Waals surface area (Å²) in [5.74, 6) is -0.523. The zero-order chi connectivity index (χ0) is 6.85. The van der Waals surface area contributed by atoms with E-state index in [1.807, 2.05) is 0 Å². The van der Waals surface area contributed by atoms with Gasteiger partial charge < -0.3 is 10.2 Å². The highest BCUT2D eigenvalue weighted by molar-refractivity contribution is 9.10. The van der Waals surface area contributed by atoms with Crippen LogP contribution in [0.25, 0.3) is 0 Å². The molecule has 4 nitrogen and oxygen atoms in total. The quantitative estimate of drug-likeness (QED) is 0.631. The number of hydrogen-bond donors (Lipinski definition) is 2. The van der Waals surface area contributed by atoms with Crippen molar-refractivity contribution in [2.45, 2.75) is 0 Å². The summed E-state index contributed by atoms with van der Waals surface area (Å²) in [6, 6.07) is 0. The zero-order valence-electron chi connectivity index (χ0n) is 4.24. The molecule has 0 spiro atoms. The lowest BCUT2D eigenvalue weighted by Crippen LogP contribution is -1.79. The third-order valence-corrected chi connectivity index (χ3v) is 1.46. The molecule has 1 aromatic heterocycles. The van der Waals surface area contributed by atoms with Crippen molar-refractivity contribution in [3.63, 3.8) is 0 Å². The van der Waals surface area contributed by atoms with Gasteiger partial charge in [-0.2, -0.15) is 0 Å². The lowest BCUT2D eigenvalue weighted by Gasteiger charge is -1.93. The number of aromatic hydroxyl groups is 2. The number of nitrogens with zero attached hydrogens (tertiary/aromatic N) is 2. The first-order chi connectivity index (χ1) is 4.22. The van der Waals surface area contributed by atoms with Gasteiger partial charge in [-0.25, -0.2) is 9.97 Å². The van der Waals surface area contributed by atoms with Crippen molar-refractivity contribution in [1.29, 1.82) is 0 Å². The Morgan fingerprint density at radius 3 is 2.00 bits per heavy atom. The largest absolute Gasteiger partial charge is 0.492 e. The van der Waals surface area contributed by atoms with E-state index in [2.05, 4.69) is 25.9 Å². The van der Waals surface area contributed by atoms with E-state index in [0.29, 0.717) is 0 Å². The molecule has 0 aromatic carbocycles. The number of aromatic nitrogens is 2. The topological polar surface area (TPSA) is 66.2 Å². The normalized spacial score (nSPS) is 9.44. The lowest BCUT2D eigenvalue weighted by atomic mass is 10.6. The molecule has 0 atom stereocenters. The molecule has 9 heavy (non-hydrogen) atoms. The molecule has 0 amide bonds. The summed E-state index contributed by atoms with van der Waals surface area (Å²) in [6.07, 6.45) is 1.06. The minimum atomic E-state index is -0.262. The molecule has 0 saturated heterocycles. The Morgan fingerprint density at radius 2 is 1.67 bits per heavy atom. The minimum Gasteiger partial charge on any atom is -0.492 e. The van der Waals surface area contributed by atoms with Gasteiger partial charge in [0.1, 0.15) is 10.8 Å². The van der Waals surface area contributed by atoms with E-state index < -0.39 is 0 Å². The second-order valence-electron chi connectivity index (χ2n) is 1.33. The number of hydrogen-bond acceptors (Lipinski definition) is 4. The molecular formula is C4H3BrN2O2. The Kier molecular flexibility index (Phi) is 1.52. The summed E-state index contributed by atoms with van der Waals surface area (Å²) < 4.78 is 0.116. The highest BCUT2D eigenvalue weighted by atomic mass is 79.9. The van der Waals surface area contributed by atoms with Crippen molar-refractivity contribution in [3.05, 3.63) is 10.8 Å². The molecule has 0 saturated carbocycles. The Hall–Kier alpha value is -0.840. The summed E-state index contributed by atoms with van der Waals surface area (Å²) >= 11 is 2.85. The monoisotopic (exact) mass is 190 g/mol. The van der Waals surface area contributed by atoms with E-state index >= 15 is 0 Å². The summed E-state index contributed by atoms with van der Waals surface area (Å²) in [6.45, 7) is 0. The van der Waals surface area contributed by atoms with E-state index in [1.54, 1.807) is 0 Å².